The molecule has 0 aliphatic carbocycles. The average molecular weight is 263 g/mol. The number of carboxylic acids is 1. The first-order valence-electron chi connectivity index (χ1n) is 6.29. The van der Waals surface area contributed by atoms with Crippen LogP contribution in [0.3, 0.4) is 0 Å². The summed E-state index contributed by atoms with van der Waals surface area (Å²) >= 11 is 0. The van der Waals surface area contributed by atoms with Gasteiger partial charge in [-0.2, -0.15) is 0 Å². The largest absolute Gasteiger partial charge is 0.481 e. The van der Waals surface area contributed by atoms with Crippen LogP contribution in [0.4, 0.5) is 5.69 Å². The van der Waals surface area contributed by atoms with E-state index in [1.165, 1.54) is 0 Å². The Bertz CT molecular complexity index is 469. The van der Waals surface area contributed by atoms with E-state index in [1.54, 1.807) is 24.3 Å². The molecule has 2 rings (SSSR count). The van der Waals surface area contributed by atoms with Gasteiger partial charge in [0.05, 0.1) is 6.42 Å². The Balaban J connectivity index is 1.95. The highest BCUT2D eigenvalue weighted by molar-refractivity contribution is 5.94. The fraction of sp³-hybridized carbons (Fsp3) is 0.429. The molecule has 19 heavy (non-hydrogen) atoms. The van der Waals surface area contributed by atoms with Gasteiger partial charge in [0.15, 0.2) is 0 Å². The second-order valence-electron chi connectivity index (χ2n) is 4.81. The predicted molar refractivity (Wildman–Crippen MR) is 69.9 cm³/mol. The Morgan fingerprint density at radius 3 is 2.58 bits per heavy atom. The lowest BCUT2D eigenvalue weighted by Crippen LogP contribution is -2.31. The monoisotopic (exact) mass is 263 g/mol. The van der Waals surface area contributed by atoms with Crippen molar-refractivity contribution in [2.45, 2.75) is 25.9 Å². The highest BCUT2D eigenvalue weighted by Gasteiger charge is 2.30. The topological polar surface area (TPSA) is 75.6 Å². The molecule has 1 aromatic carbocycles. The smallest absolute Gasteiger partial charge is 0.307 e. The molecular formula is C14H17NO4. The molecule has 1 heterocycles. The first-order valence-corrected chi connectivity index (χ1v) is 6.29. The molecule has 102 valence electrons. The number of amides is 1. The van der Waals surface area contributed by atoms with Crippen LogP contribution in [0.25, 0.3) is 0 Å². The van der Waals surface area contributed by atoms with Gasteiger partial charge in [0, 0.05) is 12.3 Å². The minimum atomic E-state index is -0.870. The summed E-state index contributed by atoms with van der Waals surface area (Å²) in [6.07, 6.45) is 0.491. The third-order valence-electron chi connectivity index (χ3n) is 3.22. The zero-order valence-corrected chi connectivity index (χ0v) is 10.8. The molecule has 0 aromatic heterocycles. The number of ether oxygens (including phenoxy) is 1. The zero-order valence-electron chi connectivity index (χ0n) is 10.8. The van der Waals surface area contributed by atoms with Crippen LogP contribution in [0.1, 0.15) is 18.9 Å². The number of hydrogen-bond acceptors (Lipinski definition) is 3. The number of benzene rings is 1. The molecule has 2 atom stereocenters. The minimum Gasteiger partial charge on any atom is -0.481 e. The Kier molecular flexibility index (Phi) is 4.16. The maximum absolute atomic E-state index is 12.0. The summed E-state index contributed by atoms with van der Waals surface area (Å²) in [4.78, 5) is 22.5. The number of nitrogens with one attached hydrogen (secondary N) is 1. The number of carbonyl (C=O) groups is 2. The van der Waals surface area contributed by atoms with Crippen LogP contribution in [0.5, 0.6) is 0 Å². The van der Waals surface area contributed by atoms with Gasteiger partial charge >= 0.3 is 5.97 Å². The van der Waals surface area contributed by atoms with Crippen molar-refractivity contribution >= 4 is 17.6 Å². The third kappa shape index (κ3) is 3.54. The van der Waals surface area contributed by atoms with Crippen LogP contribution in [0.15, 0.2) is 24.3 Å². The normalized spacial score (nSPS) is 22.2. The van der Waals surface area contributed by atoms with Gasteiger partial charge < -0.3 is 15.2 Å². The van der Waals surface area contributed by atoms with Crippen LogP contribution in [-0.4, -0.2) is 29.7 Å². The fourth-order valence-corrected chi connectivity index (χ4v) is 2.12. The van der Waals surface area contributed by atoms with E-state index in [0.29, 0.717) is 17.9 Å². The molecule has 0 radical (unpaired) electrons. The first-order chi connectivity index (χ1) is 9.06. The zero-order chi connectivity index (χ0) is 13.8. The van der Waals surface area contributed by atoms with Crippen LogP contribution in [0.2, 0.25) is 0 Å². The molecule has 1 fully saturated rings. The van der Waals surface area contributed by atoms with Crippen molar-refractivity contribution in [2.75, 3.05) is 11.9 Å². The highest BCUT2D eigenvalue weighted by Crippen LogP contribution is 2.21. The summed E-state index contributed by atoms with van der Waals surface area (Å²) < 4.78 is 5.39. The van der Waals surface area contributed by atoms with E-state index in [4.69, 9.17) is 9.84 Å². The van der Waals surface area contributed by atoms with Crippen LogP contribution < -0.4 is 5.32 Å². The van der Waals surface area contributed by atoms with E-state index < -0.39 is 12.1 Å². The molecule has 0 saturated carbocycles. The fourth-order valence-electron chi connectivity index (χ4n) is 2.12. The second kappa shape index (κ2) is 5.84. The summed E-state index contributed by atoms with van der Waals surface area (Å²) in [6, 6.07) is 6.80. The molecule has 0 bridgehead atoms. The maximum Gasteiger partial charge on any atom is 0.307 e. The lowest BCUT2D eigenvalue weighted by Gasteiger charge is -2.14. The van der Waals surface area contributed by atoms with Crippen molar-refractivity contribution in [1.29, 1.82) is 0 Å². The van der Waals surface area contributed by atoms with Crippen LogP contribution in [-0.2, 0) is 20.7 Å². The molecule has 1 aromatic rings. The molecule has 1 aliphatic rings. The molecule has 2 N–H and O–H groups in total. The Hall–Kier alpha value is -1.88. The van der Waals surface area contributed by atoms with Crippen LogP contribution in [0, 0.1) is 5.92 Å². The van der Waals surface area contributed by atoms with E-state index in [2.05, 4.69) is 5.32 Å². The highest BCUT2D eigenvalue weighted by atomic mass is 16.5. The Morgan fingerprint density at radius 2 is 2.05 bits per heavy atom. The molecule has 1 amide bonds. The average Bonchev–Trinajstić information content (AvgIpc) is 2.77. The standard InChI is InChI=1S/C14H17NO4/c1-9-6-7-19-13(9)14(18)15-11-4-2-10(3-5-11)8-12(16)17/h2-5,9,13H,6-8H2,1H3,(H,15,18)(H,16,17). The molecule has 1 aliphatic heterocycles. The SMILES string of the molecule is CC1CCOC1C(=O)Nc1ccc(CC(=O)O)cc1. The molecule has 0 spiro atoms. The van der Waals surface area contributed by atoms with Gasteiger partial charge in [-0.15, -0.1) is 0 Å². The van der Waals surface area contributed by atoms with Gasteiger partial charge in [0.1, 0.15) is 6.10 Å². The number of carbonyl (C=O) groups excluding carboxylic acids is 1. The Morgan fingerprint density at radius 1 is 1.37 bits per heavy atom. The first kappa shape index (κ1) is 13.5. The van der Waals surface area contributed by atoms with Gasteiger partial charge in [-0.25, -0.2) is 0 Å². The van der Waals surface area contributed by atoms with Gasteiger partial charge in [-0.1, -0.05) is 19.1 Å². The third-order valence-corrected chi connectivity index (χ3v) is 3.22. The minimum absolute atomic E-state index is 0.0169. The van der Waals surface area contributed by atoms with E-state index in [1.807, 2.05) is 6.92 Å². The van der Waals surface area contributed by atoms with E-state index in [9.17, 15) is 9.59 Å². The summed E-state index contributed by atoms with van der Waals surface area (Å²) in [5.41, 5.74) is 1.36. The second-order valence-corrected chi connectivity index (χ2v) is 4.81. The van der Waals surface area contributed by atoms with Crippen LogP contribution >= 0.6 is 0 Å². The van der Waals surface area contributed by atoms with Crippen molar-refractivity contribution in [3.8, 4) is 0 Å². The van der Waals surface area contributed by atoms with E-state index in [0.717, 1.165) is 6.42 Å². The molecule has 1 saturated heterocycles. The van der Waals surface area contributed by atoms with Crippen molar-refractivity contribution < 1.29 is 19.4 Å². The van der Waals surface area contributed by atoms with Gasteiger partial charge in [-0.3, -0.25) is 9.59 Å². The van der Waals surface area contributed by atoms with Crippen molar-refractivity contribution in [3.05, 3.63) is 29.8 Å². The molecular weight excluding hydrogens is 246 g/mol. The predicted octanol–water partition coefficient (Wildman–Crippen LogP) is 1.68. The van der Waals surface area contributed by atoms with Gasteiger partial charge in [0.2, 0.25) is 0 Å². The van der Waals surface area contributed by atoms with Gasteiger partial charge in [-0.05, 0) is 30.0 Å². The lowest BCUT2D eigenvalue weighted by molar-refractivity contribution is -0.136. The van der Waals surface area contributed by atoms with Crippen molar-refractivity contribution in [2.24, 2.45) is 5.92 Å². The lowest BCUT2D eigenvalue weighted by atomic mass is 10.0. The number of carboxylic acid groups (broad SMARTS) is 1. The van der Waals surface area contributed by atoms with Gasteiger partial charge in [0.25, 0.3) is 5.91 Å². The summed E-state index contributed by atoms with van der Waals surface area (Å²) in [5, 5.41) is 11.5. The Labute approximate surface area is 111 Å². The number of hydrogen-bond donors (Lipinski definition) is 2. The number of rotatable bonds is 4. The molecule has 2 unspecified atom stereocenters. The van der Waals surface area contributed by atoms with E-state index in [-0.39, 0.29) is 18.2 Å². The number of aliphatic carboxylic acids is 1. The summed E-state index contributed by atoms with van der Waals surface area (Å²) in [6.45, 7) is 2.62. The van der Waals surface area contributed by atoms with Crippen molar-refractivity contribution in [1.82, 2.24) is 0 Å². The van der Waals surface area contributed by atoms with Crippen molar-refractivity contribution in [3.63, 3.8) is 0 Å². The quantitative estimate of drug-likeness (QED) is 0.866. The molecule has 5 nitrogen and oxygen atoms in total. The number of anilines is 1. The maximum atomic E-state index is 12.0. The summed E-state index contributed by atoms with van der Waals surface area (Å²) in [5.74, 6) is -0.785. The van der Waals surface area contributed by atoms with E-state index >= 15 is 0 Å². The summed E-state index contributed by atoms with van der Waals surface area (Å²) in [7, 11) is 0. The molecule has 5 heteroatoms.